The number of para-hydroxylation sites is 1. The van der Waals surface area contributed by atoms with E-state index in [1.54, 1.807) is 11.8 Å². The van der Waals surface area contributed by atoms with E-state index in [9.17, 15) is 41.2 Å². The first-order chi connectivity index (χ1) is 20.9. The molecule has 4 fully saturated rings. The highest BCUT2D eigenvalue weighted by atomic mass is 32.2. The molecule has 44 heavy (non-hydrogen) atoms. The fourth-order valence-corrected chi connectivity index (χ4v) is 8.08. The highest BCUT2D eigenvalue weighted by Crippen LogP contribution is 2.38. The van der Waals surface area contributed by atoms with Crippen molar-refractivity contribution in [2.75, 3.05) is 32.8 Å². The van der Waals surface area contributed by atoms with Gasteiger partial charge >= 0.3 is 12.5 Å². The topological polar surface area (TPSA) is 141 Å². The number of benzene rings is 1. The maximum absolute atomic E-state index is 14.0. The predicted molar refractivity (Wildman–Crippen MR) is 146 cm³/mol. The molecule has 3 saturated heterocycles. The Morgan fingerprint density at radius 1 is 1.05 bits per heavy atom. The van der Waals surface area contributed by atoms with Crippen molar-refractivity contribution in [1.29, 1.82) is 5.26 Å². The highest BCUT2D eigenvalue weighted by Gasteiger charge is 2.52. The number of hydrogen-bond donors (Lipinski definition) is 0. The van der Waals surface area contributed by atoms with Crippen LogP contribution < -0.4 is 4.74 Å². The quantitative estimate of drug-likeness (QED) is 0.309. The number of carbonyl (C=O) groups excluding carboxylic acids is 3. The Bertz CT molecular complexity index is 1420. The number of carbonyl (C=O) groups is 3. The van der Waals surface area contributed by atoms with Crippen LogP contribution in [0.1, 0.15) is 45.4 Å². The Balaban J connectivity index is 1.37. The van der Waals surface area contributed by atoms with E-state index in [1.807, 2.05) is 11.1 Å². The molecule has 240 valence electrons. The van der Waals surface area contributed by atoms with Crippen molar-refractivity contribution in [1.82, 2.24) is 19.6 Å². The maximum Gasteiger partial charge on any atom is 0.573 e. The average Bonchev–Trinajstić information content (AvgIpc) is 3.68. The van der Waals surface area contributed by atoms with Gasteiger partial charge < -0.3 is 19.3 Å². The van der Waals surface area contributed by atoms with Gasteiger partial charge in [0.1, 0.15) is 16.7 Å². The molecule has 1 aromatic carbocycles. The maximum atomic E-state index is 14.0. The van der Waals surface area contributed by atoms with Gasteiger partial charge in [0.15, 0.2) is 16.0 Å². The second kappa shape index (κ2) is 12.4. The minimum atomic E-state index is -5.14. The number of likely N-dealkylation sites (tertiary alicyclic amines) is 3. The Hall–Kier alpha value is -3.58. The molecule has 0 bridgehead atoms. The van der Waals surface area contributed by atoms with Crippen molar-refractivity contribution < 1.29 is 45.4 Å². The van der Waals surface area contributed by atoms with E-state index < -0.39 is 68.6 Å². The number of sulfone groups is 1. The predicted octanol–water partition coefficient (Wildman–Crippen LogP) is 2.50. The summed E-state index contributed by atoms with van der Waals surface area (Å²) in [5.41, 5.74) is 0. The van der Waals surface area contributed by atoms with E-state index in [0.717, 1.165) is 17.0 Å². The molecule has 1 saturated carbocycles. The molecule has 3 atom stereocenters. The summed E-state index contributed by atoms with van der Waals surface area (Å²) < 4.78 is 75.7. The summed E-state index contributed by atoms with van der Waals surface area (Å²) in [6, 6.07) is 2.11. The first-order valence-electron chi connectivity index (χ1n) is 14.6. The van der Waals surface area contributed by atoms with Gasteiger partial charge in [-0.25, -0.2) is 18.1 Å². The van der Waals surface area contributed by atoms with Crippen molar-refractivity contribution in [3.8, 4) is 11.9 Å². The van der Waals surface area contributed by atoms with Crippen LogP contribution >= 0.6 is 0 Å². The van der Waals surface area contributed by atoms with Gasteiger partial charge in [-0.2, -0.15) is 5.26 Å². The van der Waals surface area contributed by atoms with Crippen LogP contribution in [0, 0.1) is 11.5 Å². The van der Waals surface area contributed by atoms with E-state index in [0.29, 0.717) is 51.7 Å². The Morgan fingerprint density at radius 2 is 1.73 bits per heavy atom. The van der Waals surface area contributed by atoms with E-state index in [1.165, 1.54) is 17.0 Å². The summed E-state index contributed by atoms with van der Waals surface area (Å²) >= 11 is 0. The summed E-state index contributed by atoms with van der Waals surface area (Å²) in [6.07, 6.45) is -1.18. The molecule has 5 rings (SSSR count). The molecular formula is C28H34F3N5O7S. The number of nitriles is 1. The third-order valence-corrected chi connectivity index (χ3v) is 10.9. The molecule has 1 aliphatic carbocycles. The van der Waals surface area contributed by atoms with Gasteiger partial charge in [0.05, 0.1) is 17.9 Å². The minimum absolute atomic E-state index is 0.0203. The van der Waals surface area contributed by atoms with Gasteiger partial charge in [-0.15, -0.1) is 13.2 Å². The molecule has 1 aromatic rings. The lowest BCUT2D eigenvalue weighted by atomic mass is 9.93. The first kappa shape index (κ1) is 31.8. The normalized spacial score (nSPS) is 24.8. The molecule has 0 radical (unpaired) electrons. The molecule has 0 spiro atoms. The van der Waals surface area contributed by atoms with Gasteiger partial charge in [0.25, 0.3) is 5.91 Å². The first-order valence-corrected chi connectivity index (χ1v) is 16.2. The molecule has 3 amide bonds. The smallest absolute Gasteiger partial charge is 0.450 e. The Kier molecular flexibility index (Phi) is 8.99. The lowest BCUT2D eigenvalue weighted by Gasteiger charge is -2.48. The van der Waals surface area contributed by atoms with Gasteiger partial charge in [0.2, 0.25) is 5.91 Å². The summed E-state index contributed by atoms with van der Waals surface area (Å²) in [7, 11) is -4.51. The Morgan fingerprint density at radius 3 is 2.30 bits per heavy atom. The number of piperidine rings is 1. The molecule has 16 heteroatoms. The van der Waals surface area contributed by atoms with Crippen LogP contribution in [-0.4, -0.2) is 114 Å². The number of amides is 3. The monoisotopic (exact) mass is 641 g/mol. The molecule has 12 nitrogen and oxygen atoms in total. The van der Waals surface area contributed by atoms with Crippen LogP contribution in [0.3, 0.4) is 0 Å². The summed E-state index contributed by atoms with van der Waals surface area (Å²) in [4.78, 5) is 44.7. The van der Waals surface area contributed by atoms with Crippen molar-refractivity contribution >= 4 is 27.7 Å². The van der Waals surface area contributed by atoms with Gasteiger partial charge in [-0.3, -0.25) is 14.5 Å². The molecule has 0 N–H and O–H groups in total. The molecule has 3 heterocycles. The van der Waals surface area contributed by atoms with E-state index in [-0.39, 0.29) is 25.1 Å². The third-order valence-electron chi connectivity index (χ3n) is 8.71. The number of halogens is 3. The summed E-state index contributed by atoms with van der Waals surface area (Å²) in [6.45, 7) is 3.06. The van der Waals surface area contributed by atoms with Gasteiger partial charge in [-0.1, -0.05) is 12.1 Å². The molecular weight excluding hydrogens is 607 g/mol. The van der Waals surface area contributed by atoms with Crippen molar-refractivity contribution in [3.63, 3.8) is 0 Å². The Labute approximate surface area is 253 Å². The second-order valence-electron chi connectivity index (χ2n) is 11.4. The molecule has 0 aromatic heterocycles. The van der Waals surface area contributed by atoms with E-state index >= 15 is 0 Å². The zero-order valence-corrected chi connectivity index (χ0v) is 24.9. The zero-order valence-electron chi connectivity index (χ0n) is 24.1. The van der Waals surface area contributed by atoms with Crippen LogP contribution in [0.15, 0.2) is 29.2 Å². The van der Waals surface area contributed by atoms with Crippen molar-refractivity contribution in [2.24, 2.45) is 0 Å². The van der Waals surface area contributed by atoms with E-state index in [2.05, 4.69) is 4.74 Å². The number of hydrogen-bond acceptors (Lipinski definition) is 9. The molecule has 3 aliphatic heterocycles. The van der Waals surface area contributed by atoms with Crippen LogP contribution in [0.2, 0.25) is 0 Å². The number of nitrogens with zero attached hydrogens (tertiary/aromatic N) is 5. The number of rotatable bonds is 8. The van der Waals surface area contributed by atoms with Crippen molar-refractivity contribution in [3.05, 3.63) is 24.3 Å². The number of ether oxygens (including phenoxy) is 2. The second-order valence-corrected chi connectivity index (χ2v) is 13.6. The fourth-order valence-electron chi connectivity index (χ4n) is 6.27. The SMILES string of the molecule is CCOC(=O)N1CCC(N2CCC2C(=O)N2C[C@H](S(=O)(=O)c3ccccc3OC(F)(F)F)C[C@H]2C(=O)N(C#N)C2CC2)CC1. The minimum Gasteiger partial charge on any atom is -0.450 e. The number of alkyl halides is 3. The zero-order chi connectivity index (χ0) is 31.8. The molecule has 4 aliphatic rings. The summed E-state index contributed by atoms with van der Waals surface area (Å²) in [5, 5.41) is 8.28. The standard InChI is InChI=1S/C28H34F3N5O7S/c1-2-42-27(39)33-12-9-19(10-13-33)34-14-11-21(34)25(37)35-16-20(15-22(35)26(38)36(17-32)18-7-8-18)44(40,41)24-6-4-3-5-23(24)43-28(29,30)31/h3-6,18-22H,2,7-16H2,1H3/t20-,21?,22+/m1/s1. The van der Waals surface area contributed by atoms with Gasteiger partial charge in [0, 0.05) is 38.3 Å². The van der Waals surface area contributed by atoms with Crippen molar-refractivity contribution in [2.45, 2.75) is 86.1 Å². The van der Waals surface area contributed by atoms with Crippen LogP contribution in [0.4, 0.5) is 18.0 Å². The lowest BCUT2D eigenvalue weighted by Crippen LogP contribution is -2.63. The third kappa shape index (κ3) is 6.44. The largest absolute Gasteiger partial charge is 0.573 e. The average molecular weight is 642 g/mol. The van der Waals surface area contributed by atoms with E-state index in [4.69, 9.17) is 4.74 Å². The molecule has 1 unspecified atom stereocenters. The highest BCUT2D eigenvalue weighted by molar-refractivity contribution is 7.92. The van der Waals surface area contributed by atoms with Crippen LogP contribution in [0.25, 0.3) is 0 Å². The van der Waals surface area contributed by atoms with Crippen LogP contribution in [-0.2, 0) is 24.2 Å². The fraction of sp³-hybridized carbons (Fsp3) is 0.643. The van der Waals surface area contributed by atoms with Gasteiger partial charge in [-0.05, 0) is 57.6 Å². The van der Waals surface area contributed by atoms with Crippen LogP contribution in [0.5, 0.6) is 5.75 Å². The summed E-state index contributed by atoms with van der Waals surface area (Å²) in [5.74, 6) is -2.06. The lowest BCUT2D eigenvalue weighted by molar-refractivity contribution is -0.275.